The molecule has 3 aromatic carbocycles. The number of carbonyl (C=O) groups excluding carboxylic acids is 2. The van der Waals surface area contributed by atoms with E-state index in [0.29, 0.717) is 22.9 Å². The number of halogens is 6. The third-order valence-corrected chi connectivity index (χ3v) is 6.65. The van der Waals surface area contributed by atoms with Gasteiger partial charge in [-0.3, -0.25) is 9.78 Å². The Morgan fingerprint density at radius 2 is 1.68 bits per heavy atom. The molecule has 1 aliphatic heterocycles. The van der Waals surface area contributed by atoms with E-state index in [-0.39, 0.29) is 11.3 Å². The number of urea groups is 1. The smallest absolute Gasteiger partial charge is 0.355 e. The molecule has 0 spiro atoms. The van der Waals surface area contributed by atoms with Crippen molar-refractivity contribution in [1.29, 1.82) is 0 Å². The molecule has 0 aliphatic carbocycles. The van der Waals surface area contributed by atoms with Gasteiger partial charge in [0.1, 0.15) is 11.6 Å². The molecule has 1 aliphatic rings. The van der Waals surface area contributed by atoms with Crippen LogP contribution in [0.25, 0.3) is 11.0 Å². The molecule has 0 atom stereocenters. The van der Waals surface area contributed by atoms with E-state index in [1.165, 1.54) is 18.2 Å². The Bertz CT molecular complexity index is 1640. The van der Waals surface area contributed by atoms with Crippen molar-refractivity contribution in [2.24, 2.45) is 0 Å². The molecule has 206 valence electrons. The Labute approximate surface area is 229 Å². The van der Waals surface area contributed by atoms with Crippen molar-refractivity contribution in [3.8, 4) is 0 Å². The summed E-state index contributed by atoms with van der Waals surface area (Å²) < 4.78 is 69.3. The molecule has 2 heterocycles. The molecule has 1 saturated heterocycles. The maximum atomic E-state index is 15.3. The number of hydrogen-bond donors (Lipinski definition) is 2. The first-order valence-corrected chi connectivity index (χ1v) is 12.4. The van der Waals surface area contributed by atoms with Gasteiger partial charge in [-0.15, -0.1) is 0 Å². The predicted molar refractivity (Wildman–Crippen MR) is 140 cm³/mol. The number of benzene rings is 3. The summed E-state index contributed by atoms with van der Waals surface area (Å²) in [6, 6.07) is 7.47. The molecule has 0 radical (unpaired) electrons. The third kappa shape index (κ3) is 5.53. The Hall–Kier alpha value is -4.32. The highest BCUT2D eigenvalue weighted by molar-refractivity contribution is 6.31. The van der Waals surface area contributed by atoms with E-state index >= 15 is 4.39 Å². The van der Waals surface area contributed by atoms with E-state index in [0.717, 1.165) is 50.2 Å². The number of nitrogens with zero attached hydrogens (tertiary/aromatic N) is 3. The summed E-state index contributed by atoms with van der Waals surface area (Å²) in [5, 5.41) is 3.64. The van der Waals surface area contributed by atoms with Gasteiger partial charge >= 0.3 is 12.2 Å². The van der Waals surface area contributed by atoms with Crippen LogP contribution in [0.15, 0.2) is 54.7 Å². The standard InChI is InChI=1S/C27H19ClF5N5O2/c28-17-5-4-15(12-16(17)27(31,32)33)35-26(40)37-20-8-6-18(29)23(24(20)30)25(39)14-3-7-19-21(11-14)36-22(13-34-19)38-9-1-2-10-38/h3-8,11-13H,1-2,9-10H2,(H2,35,37,40). The Morgan fingerprint density at radius 3 is 2.40 bits per heavy atom. The molecule has 40 heavy (non-hydrogen) atoms. The maximum Gasteiger partial charge on any atom is 0.417 e. The van der Waals surface area contributed by atoms with E-state index in [1.54, 1.807) is 6.20 Å². The molecule has 1 aromatic heterocycles. The van der Waals surface area contributed by atoms with Crippen LogP contribution in [-0.2, 0) is 6.18 Å². The minimum Gasteiger partial charge on any atom is -0.355 e. The summed E-state index contributed by atoms with van der Waals surface area (Å²) in [5.74, 6) is -2.89. The Balaban J connectivity index is 1.39. The van der Waals surface area contributed by atoms with Crippen LogP contribution in [0, 0.1) is 11.6 Å². The number of hydrogen-bond acceptors (Lipinski definition) is 5. The second-order valence-electron chi connectivity index (χ2n) is 9.01. The van der Waals surface area contributed by atoms with Crippen LogP contribution in [0.3, 0.4) is 0 Å². The van der Waals surface area contributed by atoms with Crippen LogP contribution in [0.5, 0.6) is 0 Å². The zero-order valence-electron chi connectivity index (χ0n) is 20.5. The first kappa shape index (κ1) is 27.3. The average Bonchev–Trinajstić information content (AvgIpc) is 3.45. The predicted octanol–water partition coefficient (Wildman–Crippen LogP) is 7.06. The number of nitrogens with one attached hydrogen (secondary N) is 2. The van der Waals surface area contributed by atoms with Crippen LogP contribution in [0.1, 0.15) is 34.3 Å². The molecule has 13 heteroatoms. The summed E-state index contributed by atoms with van der Waals surface area (Å²) in [5.41, 5.74) is -2.15. The van der Waals surface area contributed by atoms with Crippen molar-refractivity contribution in [2.45, 2.75) is 19.0 Å². The lowest BCUT2D eigenvalue weighted by molar-refractivity contribution is -0.137. The molecule has 4 aromatic rings. The number of carbonyl (C=O) groups is 2. The monoisotopic (exact) mass is 575 g/mol. The minimum absolute atomic E-state index is 0.0550. The molecule has 7 nitrogen and oxygen atoms in total. The molecule has 0 bridgehead atoms. The molecule has 2 N–H and O–H groups in total. The highest BCUT2D eigenvalue weighted by atomic mass is 35.5. The number of rotatable bonds is 5. The van der Waals surface area contributed by atoms with Crippen molar-refractivity contribution in [3.63, 3.8) is 0 Å². The first-order valence-electron chi connectivity index (χ1n) is 12.0. The van der Waals surface area contributed by atoms with E-state index < -0.39 is 51.5 Å². The van der Waals surface area contributed by atoms with E-state index in [9.17, 15) is 27.2 Å². The van der Waals surface area contributed by atoms with E-state index in [1.807, 2.05) is 0 Å². The summed E-state index contributed by atoms with van der Waals surface area (Å²) in [7, 11) is 0. The molecule has 0 unspecified atom stereocenters. The zero-order chi connectivity index (χ0) is 28.6. The Kier molecular flexibility index (Phi) is 7.28. The maximum absolute atomic E-state index is 15.3. The van der Waals surface area contributed by atoms with Crippen molar-refractivity contribution < 1.29 is 31.5 Å². The van der Waals surface area contributed by atoms with Gasteiger partial charge in [0.15, 0.2) is 11.6 Å². The summed E-state index contributed by atoms with van der Waals surface area (Å²) in [4.78, 5) is 36.5. The first-order chi connectivity index (χ1) is 19.0. The minimum atomic E-state index is -4.77. The highest BCUT2D eigenvalue weighted by Crippen LogP contribution is 2.36. The Morgan fingerprint density at radius 1 is 0.925 bits per heavy atom. The van der Waals surface area contributed by atoms with Crippen LogP contribution >= 0.6 is 11.6 Å². The fraction of sp³-hybridized carbons (Fsp3) is 0.185. The second kappa shape index (κ2) is 10.7. The number of fused-ring (bicyclic) bond motifs is 1. The van der Waals surface area contributed by atoms with Gasteiger partial charge in [-0.05, 0) is 61.4 Å². The van der Waals surface area contributed by atoms with Crippen molar-refractivity contribution in [1.82, 2.24) is 9.97 Å². The summed E-state index contributed by atoms with van der Waals surface area (Å²) in [6.45, 7) is 1.65. The van der Waals surface area contributed by atoms with Gasteiger partial charge in [-0.2, -0.15) is 13.2 Å². The number of alkyl halides is 3. The second-order valence-corrected chi connectivity index (χ2v) is 9.42. The summed E-state index contributed by atoms with van der Waals surface area (Å²) in [6.07, 6.45) is -1.10. The van der Waals surface area contributed by atoms with E-state index in [2.05, 4.69) is 25.5 Å². The van der Waals surface area contributed by atoms with Gasteiger partial charge in [0.05, 0.1) is 39.1 Å². The highest BCUT2D eigenvalue weighted by Gasteiger charge is 2.33. The quantitative estimate of drug-likeness (QED) is 0.197. The average molecular weight is 576 g/mol. The van der Waals surface area contributed by atoms with Crippen LogP contribution in [0.2, 0.25) is 5.02 Å². The lowest BCUT2D eigenvalue weighted by Crippen LogP contribution is -2.21. The van der Waals surface area contributed by atoms with Crippen LogP contribution in [-0.4, -0.2) is 34.9 Å². The SMILES string of the molecule is O=C(Nc1ccc(Cl)c(C(F)(F)F)c1)Nc1ccc(F)c(C(=O)c2ccc3ncc(N4CCCC4)nc3c2)c1F. The number of aromatic nitrogens is 2. The molecule has 2 amide bonds. The lowest BCUT2D eigenvalue weighted by Gasteiger charge is -2.16. The van der Waals surface area contributed by atoms with Gasteiger partial charge in [-0.1, -0.05) is 11.6 Å². The third-order valence-electron chi connectivity index (χ3n) is 6.32. The molecular weight excluding hydrogens is 557 g/mol. The lowest BCUT2D eigenvalue weighted by atomic mass is 10.0. The van der Waals surface area contributed by atoms with Crippen molar-refractivity contribution in [3.05, 3.63) is 88.1 Å². The zero-order valence-corrected chi connectivity index (χ0v) is 21.2. The fourth-order valence-electron chi connectivity index (χ4n) is 4.35. The van der Waals surface area contributed by atoms with Crippen LogP contribution in [0.4, 0.5) is 43.9 Å². The topological polar surface area (TPSA) is 87.2 Å². The summed E-state index contributed by atoms with van der Waals surface area (Å²) >= 11 is 5.57. The molecule has 1 fully saturated rings. The van der Waals surface area contributed by atoms with Gasteiger partial charge in [-0.25, -0.2) is 18.6 Å². The van der Waals surface area contributed by atoms with Gasteiger partial charge in [0.25, 0.3) is 0 Å². The van der Waals surface area contributed by atoms with Crippen molar-refractivity contribution >= 4 is 51.6 Å². The molecular formula is C27H19ClF5N5O2. The number of anilines is 3. The van der Waals surface area contributed by atoms with Crippen molar-refractivity contribution in [2.75, 3.05) is 28.6 Å². The normalized spacial score (nSPS) is 13.5. The van der Waals surface area contributed by atoms with E-state index in [4.69, 9.17) is 11.6 Å². The van der Waals surface area contributed by atoms with Gasteiger partial charge in [0, 0.05) is 24.3 Å². The molecule has 0 saturated carbocycles. The largest absolute Gasteiger partial charge is 0.417 e. The number of ketones is 1. The van der Waals surface area contributed by atoms with Gasteiger partial charge in [0.2, 0.25) is 0 Å². The molecule has 5 rings (SSSR count). The number of amides is 2. The fourth-order valence-corrected chi connectivity index (χ4v) is 4.57. The van der Waals surface area contributed by atoms with Gasteiger partial charge < -0.3 is 15.5 Å². The van der Waals surface area contributed by atoms with Crippen LogP contribution < -0.4 is 15.5 Å².